The molecule has 0 radical (unpaired) electrons. The Kier molecular flexibility index (Phi) is 5.16. The lowest BCUT2D eigenvalue weighted by Gasteiger charge is -2.26. The number of rotatable bonds is 4. The molecule has 8 rings (SSSR count). The molecule has 41 heavy (non-hydrogen) atoms. The van der Waals surface area contributed by atoms with Gasteiger partial charge in [0.2, 0.25) is 0 Å². The van der Waals surface area contributed by atoms with Gasteiger partial charge >= 0.3 is 0 Å². The van der Waals surface area contributed by atoms with Gasteiger partial charge in [0.25, 0.3) is 0 Å². The normalized spacial score (nSPS) is 11.4. The summed E-state index contributed by atoms with van der Waals surface area (Å²) in [4.78, 5) is 2.27. The van der Waals surface area contributed by atoms with Crippen LogP contribution < -0.4 is 4.90 Å². The van der Waals surface area contributed by atoms with Crippen molar-refractivity contribution in [3.63, 3.8) is 0 Å². The molecule has 2 heterocycles. The quantitative estimate of drug-likeness (QED) is 0.229. The molecule has 0 amide bonds. The predicted octanol–water partition coefficient (Wildman–Crippen LogP) is 10.5. The highest BCUT2D eigenvalue weighted by Gasteiger charge is 2.17. The zero-order valence-electron chi connectivity index (χ0n) is 21.9. The number of hydrogen-bond acceptors (Lipinski definition) is 4. The van der Waals surface area contributed by atoms with Gasteiger partial charge in [0.1, 0.15) is 22.3 Å². The lowest BCUT2D eigenvalue weighted by molar-refractivity contribution is 0.668. The van der Waals surface area contributed by atoms with E-state index in [1.165, 1.54) is 0 Å². The van der Waals surface area contributed by atoms with E-state index >= 15 is 0 Å². The summed E-state index contributed by atoms with van der Waals surface area (Å²) in [5, 5.41) is 13.5. The van der Waals surface area contributed by atoms with E-state index in [1.807, 2.05) is 60.7 Å². The molecular weight excluding hydrogens is 504 g/mol. The maximum atomic E-state index is 9.17. The third-order valence-electron chi connectivity index (χ3n) is 7.71. The molecule has 0 spiro atoms. The van der Waals surface area contributed by atoms with Gasteiger partial charge < -0.3 is 13.7 Å². The van der Waals surface area contributed by atoms with Crippen LogP contribution in [-0.2, 0) is 0 Å². The number of fused-ring (bicyclic) bond motifs is 6. The molecule has 4 nitrogen and oxygen atoms in total. The van der Waals surface area contributed by atoms with E-state index in [9.17, 15) is 0 Å². The maximum absolute atomic E-state index is 9.17. The Balaban J connectivity index is 1.30. The first-order valence-corrected chi connectivity index (χ1v) is 13.5. The minimum Gasteiger partial charge on any atom is -0.456 e. The van der Waals surface area contributed by atoms with Crippen molar-refractivity contribution >= 4 is 60.9 Å². The summed E-state index contributed by atoms with van der Waals surface area (Å²) in [5.74, 6) is 0. The van der Waals surface area contributed by atoms with E-state index in [1.54, 1.807) is 0 Å². The molecule has 0 saturated heterocycles. The Hall–Kier alpha value is -5.79. The first kappa shape index (κ1) is 23.1. The number of nitriles is 1. The SMILES string of the molecule is N#Cc1ccc(-c2ccc(N(c3ccc4oc5ccccc5c4c3)c3ccc4oc5ccccc5c4c3)cc2)cc1. The van der Waals surface area contributed by atoms with Crippen LogP contribution >= 0.6 is 0 Å². The number of para-hydroxylation sites is 2. The lowest BCUT2D eigenvalue weighted by atomic mass is 10.0. The molecule has 0 saturated carbocycles. The molecule has 0 unspecified atom stereocenters. The average Bonchev–Trinajstić information content (AvgIpc) is 3.59. The summed E-state index contributed by atoms with van der Waals surface area (Å²) in [5.41, 5.74) is 9.39. The predicted molar refractivity (Wildman–Crippen MR) is 166 cm³/mol. The van der Waals surface area contributed by atoms with Gasteiger partial charge in [-0.1, -0.05) is 60.7 Å². The third-order valence-corrected chi connectivity index (χ3v) is 7.71. The van der Waals surface area contributed by atoms with Gasteiger partial charge in [0, 0.05) is 38.6 Å². The fraction of sp³-hybridized carbons (Fsp3) is 0. The van der Waals surface area contributed by atoms with E-state index in [0.717, 1.165) is 72.1 Å². The topological polar surface area (TPSA) is 53.3 Å². The van der Waals surface area contributed by atoms with Crippen LogP contribution in [-0.4, -0.2) is 0 Å². The summed E-state index contributed by atoms with van der Waals surface area (Å²) in [6.07, 6.45) is 0. The number of benzene rings is 6. The van der Waals surface area contributed by atoms with Crippen LogP contribution in [0.2, 0.25) is 0 Å². The molecule has 0 aliphatic carbocycles. The fourth-order valence-corrected chi connectivity index (χ4v) is 5.69. The summed E-state index contributed by atoms with van der Waals surface area (Å²) in [7, 11) is 0. The van der Waals surface area contributed by atoms with E-state index in [-0.39, 0.29) is 0 Å². The number of hydrogen-bond donors (Lipinski definition) is 0. The smallest absolute Gasteiger partial charge is 0.135 e. The molecule has 192 valence electrons. The first-order valence-electron chi connectivity index (χ1n) is 13.5. The number of furan rings is 2. The fourth-order valence-electron chi connectivity index (χ4n) is 5.69. The van der Waals surface area contributed by atoms with Crippen LogP contribution in [0.3, 0.4) is 0 Å². The van der Waals surface area contributed by atoms with Crippen LogP contribution in [0, 0.1) is 11.3 Å². The van der Waals surface area contributed by atoms with Crippen LogP contribution in [0.15, 0.2) is 142 Å². The Morgan fingerprint density at radius 3 is 1.39 bits per heavy atom. The molecule has 8 aromatic rings. The molecule has 0 N–H and O–H groups in total. The van der Waals surface area contributed by atoms with Crippen molar-refractivity contribution in [1.29, 1.82) is 5.26 Å². The van der Waals surface area contributed by atoms with Crippen LogP contribution in [0.4, 0.5) is 17.1 Å². The Morgan fingerprint density at radius 2 is 0.878 bits per heavy atom. The van der Waals surface area contributed by atoms with E-state index in [4.69, 9.17) is 14.1 Å². The average molecular weight is 527 g/mol. The van der Waals surface area contributed by atoms with E-state index in [2.05, 4.69) is 83.8 Å². The Morgan fingerprint density at radius 1 is 0.439 bits per heavy atom. The van der Waals surface area contributed by atoms with Gasteiger partial charge in [-0.15, -0.1) is 0 Å². The number of nitrogens with zero attached hydrogens (tertiary/aromatic N) is 2. The highest BCUT2D eigenvalue weighted by molar-refractivity contribution is 6.08. The molecule has 2 aromatic heterocycles. The minimum absolute atomic E-state index is 0.654. The Bertz CT molecular complexity index is 2150. The monoisotopic (exact) mass is 526 g/mol. The van der Waals surface area contributed by atoms with Crippen molar-refractivity contribution in [2.45, 2.75) is 0 Å². The largest absolute Gasteiger partial charge is 0.456 e. The second-order valence-electron chi connectivity index (χ2n) is 10.1. The van der Waals surface area contributed by atoms with Crippen LogP contribution in [0.25, 0.3) is 55.0 Å². The van der Waals surface area contributed by atoms with Crippen LogP contribution in [0.5, 0.6) is 0 Å². The molecule has 0 atom stereocenters. The van der Waals surface area contributed by atoms with Gasteiger partial charge in [0.05, 0.1) is 11.6 Å². The molecule has 4 heteroatoms. The van der Waals surface area contributed by atoms with E-state index in [0.29, 0.717) is 5.56 Å². The molecular formula is C37H22N2O2. The Labute approximate surface area is 235 Å². The van der Waals surface area contributed by atoms with Crippen molar-refractivity contribution in [3.8, 4) is 17.2 Å². The summed E-state index contributed by atoms with van der Waals surface area (Å²) in [6, 6.07) is 47.4. The lowest BCUT2D eigenvalue weighted by Crippen LogP contribution is -2.09. The number of anilines is 3. The second kappa shape index (κ2) is 9.15. The summed E-state index contributed by atoms with van der Waals surface area (Å²) >= 11 is 0. The van der Waals surface area contributed by atoms with Gasteiger partial charge in [-0.2, -0.15) is 5.26 Å². The molecule has 0 aliphatic rings. The summed E-state index contributed by atoms with van der Waals surface area (Å²) in [6.45, 7) is 0. The van der Waals surface area contributed by atoms with Crippen molar-refractivity contribution < 1.29 is 8.83 Å². The van der Waals surface area contributed by atoms with Crippen molar-refractivity contribution in [2.75, 3.05) is 4.90 Å². The zero-order valence-corrected chi connectivity index (χ0v) is 21.9. The molecule has 0 aliphatic heterocycles. The minimum atomic E-state index is 0.654. The van der Waals surface area contributed by atoms with Crippen molar-refractivity contribution in [2.24, 2.45) is 0 Å². The standard InChI is InChI=1S/C37H22N2O2/c38-23-24-9-11-25(12-10-24)26-13-15-27(16-14-26)39(28-17-19-36-32(21-28)30-5-1-3-7-34(30)40-36)29-18-20-37-33(22-29)31-6-2-4-8-35(31)41-37/h1-22H. The maximum Gasteiger partial charge on any atom is 0.135 e. The van der Waals surface area contributed by atoms with Crippen LogP contribution in [0.1, 0.15) is 5.56 Å². The highest BCUT2D eigenvalue weighted by atomic mass is 16.3. The van der Waals surface area contributed by atoms with Gasteiger partial charge in [0.15, 0.2) is 0 Å². The molecule has 0 fully saturated rings. The van der Waals surface area contributed by atoms with Gasteiger partial charge in [-0.3, -0.25) is 0 Å². The summed E-state index contributed by atoms with van der Waals surface area (Å²) < 4.78 is 12.2. The second-order valence-corrected chi connectivity index (χ2v) is 10.1. The van der Waals surface area contributed by atoms with Crippen molar-refractivity contribution in [1.82, 2.24) is 0 Å². The van der Waals surface area contributed by atoms with Gasteiger partial charge in [-0.25, -0.2) is 0 Å². The first-order chi connectivity index (χ1) is 20.2. The van der Waals surface area contributed by atoms with Gasteiger partial charge in [-0.05, 0) is 83.9 Å². The third kappa shape index (κ3) is 3.83. The highest BCUT2D eigenvalue weighted by Crippen LogP contribution is 2.41. The molecule has 6 aromatic carbocycles. The van der Waals surface area contributed by atoms with Crippen molar-refractivity contribution in [3.05, 3.63) is 139 Å². The zero-order chi connectivity index (χ0) is 27.3. The van der Waals surface area contributed by atoms with E-state index < -0.39 is 0 Å². The molecule has 0 bridgehead atoms.